The Balaban J connectivity index is 2.41. The number of imidazole rings is 1. The first-order valence-electron chi connectivity index (χ1n) is 6.42. The topological polar surface area (TPSA) is 66.5 Å². The summed E-state index contributed by atoms with van der Waals surface area (Å²) in [6, 6.07) is 0.262. The predicted octanol–water partition coefficient (Wildman–Crippen LogP) is 3.49. The molecule has 5 nitrogen and oxygen atoms in total. The SMILES string of the molecule is CC(C)[C@H](Nc1nc(Cl)nc2[nH]cnc12)C(C)(C)C. The number of nitrogens with one attached hydrogen (secondary N) is 2. The van der Waals surface area contributed by atoms with E-state index in [1.54, 1.807) is 6.33 Å². The van der Waals surface area contributed by atoms with E-state index in [4.69, 9.17) is 11.6 Å². The molecule has 0 fully saturated rings. The summed E-state index contributed by atoms with van der Waals surface area (Å²) < 4.78 is 0. The van der Waals surface area contributed by atoms with Crippen molar-refractivity contribution < 1.29 is 0 Å². The second-order valence-electron chi connectivity index (χ2n) is 6.17. The summed E-state index contributed by atoms with van der Waals surface area (Å²) in [5.74, 6) is 1.15. The molecule has 2 rings (SSSR count). The molecule has 19 heavy (non-hydrogen) atoms. The molecule has 0 spiro atoms. The summed E-state index contributed by atoms with van der Waals surface area (Å²) >= 11 is 5.95. The monoisotopic (exact) mass is 281 g/mol. The van der Waals surface area contributed by atoms with E-state index in [0.717, 1.165) is 5.52 Å². The number of halogens is 1. The quantitative estimate of drug-likeness (QED) is 0.845. The third-order valence-electron chi connectivity index (χ3n) is 3.14. The Labute approximate surface area is 118 Å². The molecule has 0 amide bonds. The number of anilines is 1. The minimum absolute atomic E-state index is 0.105. The lowest BCUT2D eigenvalue weighted by Gasteiger charge is -2.35. The third-order valence-corrected chi connectivity index (χ3v) is 3.31. The van der Waals surface area contributed by atoms with Gasteiger partial charge < -0.3 is 10.3 Å². The zero-order valence-corrected chi connectivity index (χ0v) is 12.7. The van der Waals surface area contributed by atoms with Crippen molar-refractivity contribution in [3.8, 4) is 0 Å². The Hall–Kier alpha value is -1.36. The fraction of sp³-hybridized carbons (Fsp3) is 0.615. The molecule has 2 N–H and O–H groups in total. The van der Waals surface area contributed by atoms with E-state index in [2.05, 4.69) is 59.9 Å². The molecule has 104 valence electrons. The molecular weight excluding hydrogens is 262 g/mol. The number of aromatic nitrogens is 4. The second-order valence-corrected chi connectivity index (χ2v) is 6.51. The van der Waals surface area contributed by atoms with Gasteiger partial charge in [0.2, 0.25) is 5.28 Å². The minimum Gasteiger partial charge on any atom is -0.365 e. The molecule has 2 aromatic rings. The maximum absolute atomic E-state index is 5.95. The first-order valence-corrected chi connectivity index (χ1v) is 6.80. The molecule has 0 saturated heterocycles. The number of hydrogen-bond donors (Lipinski definition) is 2. The van der Waals surface area contributed by atoms with Crippen LogP contribution < -0.4 is 5.32 Å². The van der Waals surface area contributed by atoms with Gasteiger partial charge in [-0.15, -0.1) is 0 Å². The molecule has 0 bridgehead atoms. The summed E-state index contributed by atoms with van der Waals surface area (Å²) in [7, 11) is 0. The Morgan fingerprint density at radius 2 is 1.95 bits per heavy atom. The Kier molecular flexibility index (Phi) is 3.67. The fourth-order valence-corrected chi connectivity index (χ4v) is 2.61. The number of fused-ring (bicyclic) bond motifs is 1. The highest BCUT2D eigenvalue weighted by atomic mass is 35.5. The number of hydrogen-bond acceptors (Lipinski definition) is 4. The summed E-state index contributed by atoms with van der Waals surface area (Å²) in [4.78, 5) is 15.6. The average Bonchev–Trinajstić information content (AvgIpc) is 2.70. The highest BCUT2D eigenvalue weighted by Crippen LogP contribution is 2.30. The van der Waals surface area contributed by atoms with E-state index in [1.165, 1.54) is 0 Å². The van der Waals surface area contributed by atoms with Gasteiger partial charge in [0.1, 0.15) is 5.52 Å². The van der Waals surface area contributed by atoms with Gasteiger partial charge in [-0.25, -0.2) is 4.98 Å². The molecule has 0 saturated carbocycles. The third kappa shape index (κ3) is 2.97. The number of rotatable bonds is 3. The van der Waals surface area contributed by atoms with Crippen molar-refractivity contribution in [1.29, 1.82) is 0 Å². The van der Waals surface area contributed by atoms with E-state index < -0.39 is 0 Å². The molecule has 0 aliphatic rings. The maximum Gasteiger partial charge on any atom is 0.226 e. The minimum atomic E-state index is 0.105. The molecule has 2 aromatic heterocycles. The van der Waals surface area contributed by atoms with E-state index in [0.29, 0.717) is 17.4 Å². The van der Waals surface area contributed by atoms with Crippen LogP contribution in [-0.4, -0.2) is 26.0 Å². The molecule has 0 aromatic carbocycles. The van der Waals surface area contributed by atoms with Gasteiger partial charge >= 0.3 is 0 Å². The van der Waals surface area contributed by atoms with Crippen molar-refractivity contribution in [2.75, 3.05) is 5.32 Å². The molecule has 2 heterocycles. The highest BCUT2D eigenvalue weighted by Gasteiger charge is 2.28. The van der Waals surface area contributed by atoms with Crippen LogP contribution in [0.2, 0.25) is 5.28 Å². The van der Waals surface area contributed by atoms with Crippen LogP contribution in [0.4, 0.5) is 5.82 Å². The molecule has 0 aliphatic heterocycles. The van der Waals surface area contributed by atoms with E-state index >= 15 is 0 Å². The number of H-pyrrole nitrogens is 1. The first-order chi connectivity index (χ1) is 8.79. The Morgan fingerprint density at radius 1 is 1.26 bits per heavy atom. The molecule has 0 radical (unpaired) electrons. The summed E-state index contributed by atoms with van der Waals surface area (Å²) in [5, 5.41) is 3.69. The predicted molar refractivity (Wildman–Crippen MR) is 78.4 cm³/mol. The van der Waals surface area contributed by atoms with Gasteiger partial charge in [0.05, 0.1) is 6.33 Å². The Morgan fingerprint density at radius 3 is 2.53 bits per heavy atom. The van der Waals surface area contributed by atoms with Crippen LogP contribution in [0.3, 0.4) is 0 Å². The zero-order valence-electron chi connectivity index (χ0n) is 12.0. The van der Waals surface area contributed by atoms with E-state index in [-0.39, 0.29) is 16.7 Å². The lowest BCUT2D eigenvalue weighted by molar-refractivity contribution is 0.280. The molecule has 6 heteroatoms. The molecule has 0 aliphatic carbocycles. The molecule has 1 atom stereocenters. The summed E-state index contributed by atoms with van der Waals surface area (Å²) in [6.45, 7) is 11.0. The zero-order chi connectivity index (χ0) is 14.2. The largest absolute Gasteiger partial charge is 0.365 e. The van der Waals surface area contributed by atoms with Gasteiger partial charge in [0, 0.05) is 6.04 Å². The van der Waals surface area contributed by atoms with Crippen molar-refractivity contribution in [2.45, 2.75) is 40.7 Å². The molecule has 0 unspecified atom stereocenters. The van der Waals surface area contributed by atoms with Crippen LogP contribution in [0.25, 0.3) is 11.2 Å². The summed E-state index contributed by atoms with van der Waals surface area (Å²) in [5.41, 5.74) is 1.48. The Bertz CT molecular complexity index is 570. The van der Waals surface area contributed by atoms with Crippen molar-refractivity contribution >= 4 is 28.6 Å². The van der Waals surface area contributed by atoms with E-state index in [9.17, 15) is 0 Å². The lowest BCUT2D eigenvalue weighted by Crippen LogP contribution is -2.38. The van der Waals surface area contributed by atoms with Crippen LogP contribution in [0, 0.1) is 11.3 Å². The van der Waals surface area contributed by atoms with Gasteiger partial charge in [-0.2, -0.15) is 9.97 Å². The van der Waals surface area contributed by atoms with Gasteiger partial charge in [0.25, 0.3) is 0 Å². The van der Waals surface area contributed by atoms with Gasteiger partial charge in [-0.05, 0) is 22.9 Å². The highest BCUT2D eigenvalue weighted by molar-refractivity contribution is 6.28. The van der Waals surface area contributed by atoms with Gasteiger partial charge in [-0.3, -0.25) is 0 Å². The molecular formula is C13H20ClN5. The van der Waals surface area contributed by atoms with Crippen LogP contribution in [0.15, 0.2) is 6.33 Å². The summed E-state index contributed by atoms with van der Waals surface area (Å²) in [6.07, 6.45) is 1.60. The lowest BCUT2D eigenvalue weighted by atomic mass is 9.80. The van der Waals surface area contributed by atoms with Crippen LogP contribution >= 0.6 is 11.6 Å². The van der Waals surface area contributed by atoms with Crippen LogP contribution in [0.5, 0.6) is 0 Å². The fourth-order valence-electron chi connectivity index (χ4n) is 2.44. The van der Waals surface area contributed by atoms with E-state index in [1.807, 2.05) is 0 Å². The van der Waals surface area contributed by atoms with Gasteiger partial charge in [0.15, 0.2) is 11.5 Å². The number of aromatic amines is 1. The average molecular weight is 282 g/mol. The second kappa shape index (κ2) is 4.96. The smallest absolute Gasteiger partial charge is 0.226 e. The van der Waals surface area contributed by atoms with Crippen LogP contribution in [-0.2, 0) is 0 Å². The number of nitrogens with zero attached hydrogens (tertiary/aromatic N) is 3. The van der Waals surface area contributed by atoms with Crippen molar-refractivity contribution in [3.63, 3.8) is 0 Å². The van der Waals surface area contributed by atoms with Crippen molar-refractivity contribution in [3.05, 3.63) is 11.6 Å². The van der Waals surface area contributed by atoms with Crippen LogP contribution in [0.1, 0.15) is 34.6 Å². The standard InChI is InChI=1S/C13H20ClN5/c1-7(2)9(13(3,4)5)17-11-8-10(16-6-15-8)18-12(14)19-11/h6-7,9H,1-5H3,(H2,15,16,17,18,19)/t9-/m0/s1. The maximum atomic E-state index is 5.95. The van der Waals surface area contributed by atoms with Gasteiger partial charge in [-0.1, -0.05) is 34.6 Å². The first kappa shape index (κ1) is 14.1. The van der Waals surface area contributed by atoms with Crippen molar-refractivity contribution in [2.24, 2.45) is 11.3 Å². The van der Waals surface area contributed by atoms with Crippen molar-refractivity contribution in [1.82, 2.24) is 19.9 Å². The normalized spacial score (nSPS) is 14.1.